The quantitative estimate of drug-likeness (QED) is 0.758. The van der Waals surface area contributed by atoms with Crippen molar-refractivity contribution in [3.8, 4) is 17.2 Å². The van der Waals surface area contributed by atoms with Crippen LogP contribution < -0.4 is 15.5 Å². The van der Waals surface area contributed by atoms with Crippen molar-refractivity contribution in [3.05, 3.63) is 82.4 Å². The van der Waals surface area contributed by atoms with Gasteiger partial charge in [0.2, 0.25) is 16.9 Å². The average Bonchev–Trinajstić information content (AvgIpc) is 2.60. The summed E-state index contributed by atoms with van der Waals surface area (Å²) >= 11 is 0. The molecule has 0 unspecified atom stereocenters. The second-order valence-corrected chi connectivity index (χ2v) is 5.29. The van der Waals surface area contributed by atoms with E-state index in [9.17, 15) is 14.7 Å². The first kappa shape index (κ1) is 16.3. The summed E-state index contributed by atoms with van der Waals surface area (Å²) in [5.74, 6) is -0.309. The summed E-state index contributed by atoms with van der Waals surface area (Å²) in [4.78, 5) is 23.7. The number of amides is 1. The Morgan fingerprint density at radius 3 is 2.36 bits per heavy atom. The van der Waals surface area contributed by atoms with Crippen LogP contribution in [0.3, 0.4) is 0 Å². The Bertz CT molecular complexity index is 946. The second kappa shape index (κ2) is 6.92. The third kappa shape index (κ3) is 3.87. The lowest BCUT2D eigenvalue weighted by Crippen LogP contribution is -2.15. The number of aromatic hydroxyl groups is 1. The predicted octanol–water partition coefficient (Wildman–Crippen LogP) is 3.70. The second-order valence-electron chi connectivity index (χ2n) is 5.29. The van der Waals surface area contributed by atoms with E-state index in [0.29, 0.717) is 17.2 Å². The highest BCUT2D eigenvalue weighted by atomic mass is 16.5. The monoisotopic (exact) mass is 337 g/mol. The minimum atomic E-state index is -0.716. The summed E-state index contributed by atoms with van der Waals surface area (Å²) in [6, 6.07) is 17.1. The highest BCUT2D eigenvalue weighted by Gasteiger charge is 2.18. The number of benzene rings is 2. The van der Waals surface area contributed by atoms with Crippen LogP contribution in [0.15, 0.2) is 69.9 Å². The van der Waals surface area contributed by atoms with Crippen LogP contribution in [0.2, 0.25) is 0 Å². The van der Waals surface area contributed by atoms with E-state index in [4.69, 9.17) is 9.15 Å². The molecule has 6 nitrogen and oxygen atoms in total. The van der Waals surface area contributed by atoms with Crippen molar-refractivity contribution in [2.75, 3.05) is 5.32 Å². The molecule has 25 heavy (non-hydrogen) atoms. The third-order valence-corrected chi connectivity index (χ3v) is 3.34. The van der Waals surface area contributed by atoms with Crippen LogP contribution >= 0.6 is 0 Å². The van der Waals surface area contributed by atoms with Gasteiger partial charge in [0, 0.05) is 11.8 Å². The maximum atomic E-state index is 12.2. The zero-order valence-electron chi connectivity index (χ0n) is 13.4. The van der Waals surface area contributed by atoms with Crippen molar-refractivity contribution in [1.82, 2.24) is 0 Å². The van der Waals surface area contributed by atoms with E-state index in [1.807, 2.05) is 30.3 Å². The highest BCUT2D eigenvalue weighted by Crippen LogP contribution is 2.23. The minimum Gasteiger partial charge on any atom is -0.501 e. The van der Waals surface area contributed by atoms with E-state index in [1.165, 1.54) is 6.92 Å². The fourth-order valence-corrected chi connectivity index (χ4v) is 2.18. The lowest BCUT2D eigenvalue weighted by molar-refractivity contribution is 0.0988. The van der Waals surface area contributed by atoms with E-state index in [2.05, 4.69) is 5.32 Å². The Hall–Kier alpha value is -3.54. The number of carbonyl (C=O) groups is 1. The molecule has 0 spiro atoms. The van der Waals surface area contributed by atoms with E-state index in [-0.39, 0.29) is 5.76 Å². The summed E-state index contributed by atoms with van der Waals surface area (Å²) < 4.78 is 10.8. The Balaban J connectivity index is 1.73. The molecule has 0 bridgehead atoms. The molecule has 0 aliphatic carbocycles. The molecule has 0 fully saturated rings. The van der Waals surface area contributed by atoms with Crippen LogP contribution in [0.1, 0.15) is 16.3 Å². The maximum absolute atomic E-state index is 12.2. The first-order valence-electron chi connectivity index (χ1n) is 7.51. The van der Waals surface area contributed by atoms with Crippen LogP contribution in [-0.2, 0) is 0 Å². The molecule has 3 rings (SSSR count). The molecular weight excluding hydrogens is 322 g/mol. The standard InChI is InChI=1S/C19H15NO5/c1-12-11-16(21)17(22)18(24-12)19(23)20-13-7-9-15(10-8-13)25-14-5-3-2-4-6-14/h2-11,22H,1H3,(H,20,23). The van der Waals surface area contributed by atoms with Gasteiger partial charge in [0.05, 0.1) is 0 Å². The lowest BCUT2D eigenvalue weighted by atomic mass is 10.2. The van der Waals surface area contributed by atoms with Crippen molar-refractivity contribution < 1.29 is 19.1 Å². The average molecular weight is 337 g/mol. The molecule has 126 valence electrons. The van der Waals surface area contributed by atoms with Gasteiger partial charge in [-0.2, -0.15) is 0 Å². The summed E-state index contributed by atoms with van der Waals surface area (Å²) in [5, 5.41) is 12.2. The van der Waals surface area contributed by atoms with E-state index < -0.39 is 22.8 Å². The summed E-state index contributed by atoms with van der Waals surface area (Å²) in [6.07, 6.45) is 0. The molecule has 0 atom stereocenters. The topological polar surface area (TPSA) is 88.8 Å². The molecule has 0 aliphatic rings. The molecule has 1 amide bonds. The van der Waals surface area contributed by atoms with Crippen molar-refractivity contribution in [1.29, 1.82) is 0 Å². The third-order valence-electron chi connectivity index (χ3n) is 3.34. The van der Waals surface area contributed by atoms with Gasteiger partial charge in [0.1, 0.15) is 17.3 Å². The predicted molar refractivity (Wildman–Crippen MR) is 92.3 cm³/mol. The lowest BCUT2D eigenvalue weighted by Gasteiger charge is -2.08. The van der Waals surface area contributed by atoms with E-state index in [1.54, 1.807) is 24.3 Å². The SMILES string of the molecule is Cc1cc(=O)c(O)c(C(=O)Nc2ccc(Oc3ccccc3)cc2)o1. The Morgan fingerprint density at radius 1 is 1.04 bits per heavy atom. The summed E-state index contributed by atoms with van der Waals surface area (Å²) in [7, 11) is 0. The normalized spacial score (nSPS) is 10.3. The number of ether oxygens (including phenoxy) is 1. The molecule has 2 N–H and O–H groups in total. The van der Waals surface area contributed by atoms with E-state index >= 15 is 0 Å². The molecule has 3 aromatic rings. The van der Waals surface area contributed by atoms with E-state index in [0.717, 1.165) is 6.07 Å². The van der Waals surface area contributed by atoms with Gasteiger partial charge < -0.3 is 19.6 Å². The largest absolute Gasteiger partial charge is 0.501 e. The van der Waals surface area contributed by atoms with Crippen LogP contribution in [0.4, 0.5) is 5.69 Å². The molecule has 1 heterocycles. The van der Waals surface area contributed by atoms with Crippen LogP contribution in [0.5, 0.6) is 17.2 Å². The van der Waals surface area contributed by atoms with Crippen molar-refractivity contribution in [3.63, 3.8) is 0 Å². The number of rotatable bonds is 4. The van der Waals surface area contributed by atoms with Crippen molar-refractivity contribution in [2.24, 2.45) is 0 Å². The fraction of sp³-hybridized carbons (Fsp3) is 0.0526. The molecule has 6 heteroatoms. The Labute approximate surface area is 143 Å². The molecule has 0 aliphatic heterocycles. The number of nitrogens with one attached hydrogen (secondary N) is 1. The van der Waals surface area contributed by atoms with Crippen LogP contribution in [0.25, 0.3) is 0 Å². The summed E-state index contributed by atoms with van der Waals surface area (Å²) in [5.41, 5.74) is -0.200. The number of anilines is 1. The van der Waals surface area contributed by atoms with Gasteiger partial charge in [-0.3, -0.25) is 9.59 Å². The van der Waals surface area contributed by atoms with Crippen molar-refractivity contribution >= 4 is 11.6 Å². The maximum Gasteiger partial charge on any atom is 0.295 e. The molecule has 2 aromatic carbocycles. The van der Waals surface area contributed by atoms with Gasteiger partial charge in [-0.05, 0) is 43.3 Å². The van der Waals surface area contributed by atoms with Gasteiger partial charge in [-0.1, -0.05) is 18.2 Å². The highest BCUT2D eigenvalue weighted by molar-refractivity contribution is 6.03. The fourth-order valence-electron chi connectivity index (χ4n) is 2.18. The number of hydrogen-bond acceptors (Lipinski definition) is 5. The Morgan fingerprint density at radius 2 is 1.68 bits per heavy atom. The van der Waals surface area contributed by atoms with Gasteiger partial charge >= 0.3 is 0 Å². The first-order valence-corrected chi connectivity index (χ1v) is 7.51. The van der Waals surface area contributed by atoms with Gasteiger partial charge in [0.15, 0.2) is 0 Å². The minimum absolute atomic E-state index is 0.236. The van der Waals surface area contributed by atoms with Crippen LogP contribution in [-0.4, -0.2) is 11.0 Å². The smallest absolute Gasteiger partial charge is 0.295 e. The number of aryl methyl sites for hydroxylation is 1. The first-order chi connectivity index (χ1) is 12.0. The summed E-state index contributed by atoms with van der Waals surface area (Å²) in [6.45, 7) is 1.52. The molecular formula is C19H15NO5. The number of hydrogen-bond donors (Lipinski definition) is 2. The number of carbonyl (C=O) groups excluding carboxylic acids is 1. The molecule has 0 radical (unpaired) electrons. The zero-order valence-corrected chi connectivity index (χ0v) is 13.4. The van der Waals surface area contributed by atoms with Gasteiger partial charge in [0.25, 0.3) is 5.91 Å². The zero-order chi connectivity index (χ0) is 17.8. The Kier molecular flexibility index (Phi) is 4.52. The molecule has 0 saturated heterocycles. The van der Waals surface area contributed by atoms with Gasteiger partial charge in [-0.15, -0.1) is 0 Å². The molecule has 0 saturated carbocycles. The molecule has 1 aromatic heterocycles. The number of para-hydroxylation sites is 1. The van der Waals surface area contributed by atoms with Gasteiger partial charge in [-0.25, -0.2) is 0 Å². The van der Waals surface area contributed by atoms with Crippen LogP contribution in [0, 0.1) is 6.92 Å². The van der Waals surface area contributed by atoms with Crippen molar-refractivity contribution in [2.45, 2.75) is 6.92 Å².